The fraction of sp³-hybridized carbons (Fsp3) is 0.964. The summed E-state index contributed by atoms with van der Waals surface area (Å²) in [5.74, 6) is 1.35. The van der Waals surface area contributed by atoms with Crippen LogP contribution in [0.4, 0.5) is 0 Å². The van der Waals surface area contributed by atoms with Gasteiger partial charge in [-0.1, -0.05) is 129 Å². The Morgan fingerprint density at radius 3 is 1.50 bits per heavy atom. The zero-order valence-corrected chi connectivity index (χ0v) is 20.9. The maximum Gasteiger partial charge on any atom is 0.222 e. The molecule has 1 unspecified atom stereocenters. The van der Waals surface area contributed by atoms with Crippen LogP contribution in [0.25, 0.3) is 0 Å². The molecule has 1 rings (SSSR count). The van der Waals surface area contributed by atoms with Crippen LogP contribution in [0, 0.1) is 5.92 Å². The zero-order chi connectivity index (χ0) is 21.7. The molecule has 1 aliphatic rings. The lowest BCUT2D eigenvalue weighted by molar-refractivity contribution is -0.130. The number of carbonyl (C=O) groups is 1. The molecule has 1 saturated heterocycles. The highest BCUT2D eigenvalue weighted by atomic mass is 16.2. The van der Waals surface area contributed by atoms with Crippen molar-refractivity contribution in [3.63, 3.8) is 0 Å². The Morgan fingerprint density at radius 2 is 1.03 bits per heavy atom. The molecule has 30 heavy (non-hydrogen) atoms. The predicted octanol–water partition coefficient (Wildman–Crippen LogP) is 9.07. The summed E-state index contributed by atoms with van der Waals surface area (Å²) < 4.78 is 0. The van der Waals surface area contributed by atoms with Gasteiger partial charge in [0.15, 0.2) is 0 Å². The first-order valence-electron chi connectivity index (χ1n) is 14.0. The van der Waals surface area contributed by atoms with Crippen molar-refractivity contribution in [1.82, 2.24) is 4.90 Å². The minimum atomic E-state index is 0.407. The van der Waals surface area contributed by atoms with E-state index in [1.165, 1.54) is 128 Å². The van der Waals surface area contributed by atoms with Gasteiger partial charge in [0, 0.05) is 19.5 Å². The van der Waals surface area contributed by atoms with Crippen LogP contribution in [0.5, 0.6) is 0 Å². The van der Waals surface area contributed by atoms with Gasteiger partial charge in [-0.25, -0.2) is 0 Å². The molecular weight excluding hydrogens is 366 g/mol. The number of rotatable bonds is 21. The lowest BCUT2D eigenvalue weighted by Gasteiger charge is -2.14. The summed E-state index contributed by atoms with van der Waals surface area (Å²) in [4.78, 5) is 14.0. The Labute approximate surface area is 190 Å². The first kappa shape index (κ1) is 27.5. The van der Waals surface area contributed by atoms with Crippen LogP contribution in [0.1, 0.15) is 155 Å². The van der Waals surface area contributed by atoms with E-state index in [0.717, 1.165) is 31.8 Å². The van der Waals surface area contributed by atoms with Gasteiger partial charge >= 0.3 is 0 Å². The van der Waals surface area contributed by atoms with Gasteiger partial charge in [0.2, 0.25) is 5.91 Å². The quantitative estimate of drug-likeness (QED) is 0.169. The van der Waals surface area contributed by atoms with Gasteiger partial charge in [0.05, 0.1) is 0 Å². The average molecular weight is 422 g/mol. The summed E-state index contributed by atoms with van der Waals surface area (Å²) in [7, 11) is 0. The molecule has 178 valence electrons. The van der Waals surface area contributed by atoms with E-state index in [-0.39, 0.29) is 0 Å². The first-order valence-corrected chi connectivity index (χ1v) is 14.0. The minimum absolute atomic E-state index is 0.407. The number of carbonyl (C=O) groups excluding carboxylic acids is 1. The molecule has 0 radical (unpaired) electrons. The SMILES string of the molecule is CCCCCCCCC(C)CCCCCCCCCCCCCC(=O)N1CCCC1. The van der Waals surface area contributed by atoms with Crippen LogP contribution < -0.4 is 0 Å². The average Bonchev–Trinajstić information content (AvgIpc) is 3.29. The van der Waals surface area contributed by atoms with Crippen LogP contribution in [-0.2, 0) is 4.79 Å². The maximum atomic E-state index is 12.0. The van der Waals surface area contributed by atoms with Crippen LogP contribution in [0.2, 0.25) is 0 Å². The maximum absolute atomic E-state index is 12.0. The van der Waals surface area contributed by atoms with Gasteiger partial charge in [-0.3, -0.25) is 4.79 Å². The highest BCUT2D eigenvalue weighted by molar-refractivity contribution is 5.76. The van der Waals surface area contributed by atoms with Crippen molar-refractivity contribution in [1.29, 1.82) is 0 Å². The van der Waals surface area contributed by atoms with Crippen LogP contribution in [-0.4, -0.2) is 23.9 Å². The van der Waals surface area contributed by atoms with E-state index in [1.807, 2.05) is 0 Å². The van der Waals surface area contributed by atoms with Gasteiger partial charge < -0.3 is 4.90 Å². The molecule has 2 heteroatoms. The summed E-state index contributed by atoms with van der Waals surface area (Å²) in [6.07, 6.45) is 29.8. The standard InChI is InChI=1S/C28H55NO/c1-3-4-5-6-14-17-22-27(2)23-18-15-12-10-8-7-9-11-13-16-19-24-28(30)29-25-20-21-26-29/h27H,3-26H2,1-2H3. The molecule has 0 aromatic heterocycles. The zero-order valence-electron chi connectivity index (χ0n) is 20.9. The van der Waals surface area contributed by atoms with E-state index in [4.69, 9.17) is 0 Å². The normalized spacial score (nSPS) is 15.1. The summed E-state index contributed by atoms with van der Waals surface area (Å²) in [6, 6.07) is 0. The third kappa shape index (κ3) is 16.2. The largest absolute Gasteiger partial charge is 0.343 e. The highest BCUT2D eigenvalue weighted by Crippen LogP contribution is 2.19. The summed E-state index contributed by atoms with van der Waals surface area (Å²) in [6.45, 7) is 6.79. The third-order valence-corrected chi connectivity index (χ3v) is 7.10. The second-order valence-corrected chi connectivity index (χ2v) is 10.2. The van der Waals surface area contributed by atoms with Crippen molar-refractivity contribution in [2.24, 2.45) is 5.92 Å². The number of unbranched alkanes of at least 4 members (excludes halogenated alkanes) is 15. The van der Waals surface area contributed by atoms with Crippen molar-refractivity contribution in [3.8, 4) is 0 Å². The smallest absolute Gasteiger partial charge is 0.222 e. The second kappa shape index (κ2) is 20.4. The number of amides is 1. The minimum Gasteiger partial charge on any atom is -0.343 e. The van der Waals surface area contributed by atoms with Crippen molar-refractivity contribution in [2.75, 3.05) is 13.1 Å². The predicted molar refractivity (Wildman–Crippen MR) is 133 cm³/mol. The Morgan fingerprint density at radius 1 is 0.633 bits per heavy atom. The van der Waals surface area contributed by atoms with Crippen LogP contribution >= 0.6 is 0 Å². The molecule has 0 bridgehead atoms. The molecule has 0 aromatic rings. The number of hydrogen-bond acceptors (Lipinski definition) is 1. The molecule has 0 N–H and O–H groups in total. The fourth-order valence-corrected chi connectivity index (χ4v) is 4.90. The Bertz CT molecular complexity index is 375. The van der Waals surface area contributed by atoms with Gasteiger partial charge in [-0.15, -0.1) is 0 Å². The molecule has 0 aromatic carbocycles. The van der Waals surface area contributed by atoms with Gasteiger partial charge in [-0.2, -0.15) is 0 Å². The summed E-state index contributed by atoms with van der Waals surface area (Å²) >= 11 is 0. The van der Waals surface area contributed by atoms with E-state index in [2.05, 4.69) is 18.7 Å². The van der Waals surface area contributed by atoms with Crippen molar-refractivity contribution < 1.29 is 4.79 Å². The van der Waals surface area contributed by atoms with Crippen LogP contribution in [0.3, 0.4) is 0 Å². The molecule has 1 fully saturated rings. The molecule has 1 atom stereocenters. The van der Waals surface area contributed by atoms with Gasteiger partial charge in [0.1, 0.15) is 0 Å². The van der Waals surface area contributed by atoms with E-state index >= 15 is 0 Å². The number of nitrogens with zero attached hydrogens (tertiary/aromatic N) is 1. The first-order chi connectivity index (χ1) is 14.7. The van der Waals surface area contributed by atoms with Crippen molar-refractivity contribution >= 4 is 5.91 Å². The van der Waals surface area contributed by atoms with Crippen LogP contribution in [0.15, 0.2) is 0 Å². The molecule has 0 spiro atoms. The Balaban J connectivity index is 1.72. The van der Waals surface area contributed by atoms with E-state index in [9.17, 15) is 4.79 Å². The van der Waals surface area contributed by atoms with Gasteiger partial charge in [-0.05, 0) is 25.2 Å². The fourth-order valence-electron chi connectivity index (χ4n) is 4.90. The molecular formula is C28H55NO. The number of likely N-dealkylation sites (tertiary alicyclic amines) is 1. The molecule has 2 nitrogen and oxygen atoms in total. The van der Waals surface area contributed by atoms with Crippen molar-refractivity contribution in [2.45, 2.75) is 155 Å². The lowest BCUT2D eigenvalue weighted by Crippen LogP contribution is -2.27. The van der Waals surface area contributed by atoms with Gasteiger partial charge in [0.25, 0.3) is 0 Å². The molecule has 1 heterocycles. The lowest BCUT2D eigenvalue weighted by atomic mass is 9.96. The van der Waals surface area contributed by atoms with Crippen molar-refractivity contribution in [3.05, 3.63) is 0 Å². The molecule has 0 aliphatic carbocycles. The van der Waals surface area contributed by atoms with E-state index in [1.54, 1.807) is 0 Å². The van der Waals surface area contributed by atoms with E-state index in [0.29, 0.717) is 5.91 Å². The Hall–Kier alpha value is -0.530. The molecule has 1 amide bonds. The summed E-state index contributed by atoms with van der Waals surface area (Å²) in [5, 5.41) is 0. The third-order valence-electron chi connectivity index (χ3n) is 7.10. The Kier molecular flexibility index (Phi) is 18.7. The second-order valence-electron chi connectivity index (χ2n) is 10.2. The van der Waals surface area contributed by atoms with E-state index < -0.39 is 0 Å². The molecule has 1 aliphatic heterocycles. The monoisotopic (exact) mass is 421 g/mol. The topological polar surface area (TPSA) is 20.3 Å². The number of hydrogen-bond donors (Lipinski definition) is 0. The highest BCUT2D eigenvalue weighted by Gasteiger charge is 2.16. The molecule has 0 saturated carbocycles. The summed E-state index contributed by atoms with van der Waals surface area (Å²) in [5.41, 5.74) is 0.